The van der Waals surface area contributed by atoms with Gasteiger partial charge in [-0.1, -0.05) is 6.07 Å². The molecule has 2 aromatic heterocycles. The van der Waals surface area contributed by atoms with E-state index in [9.17, 15) is 4.79 Å². The lowest BCUT2D eigenvalue weighted by Gasteiger charge is -2.09. The van der Waals surface area contributed by atoms with Gasteiger partial charge in [-0.15, -0.1) is 0 Å². The minimum absolute atomic E-state index is 0.546. The second kappa shape index (κ2) is 3.96. The zero-order valence-electron chi connectivity index (χ0n) is 7.92. The predicted octanol–water partition coefficient (Wildman–Crippen LogP) is 1.63. The first-order chi connectivity index (χ1) is 7.29. The number of aromatic nitrogens is 2. The summed E-state index contributed by atoms with van der Waals surface area (Å²) in [6.45, 7) is 0. The number of carboxylic acid groups (broad SMARTS) is 1. The quantitative estimate of drug-likeness (QED) is 0.794. The Kier molecular flexibility index (Phi) is 2.49. The van der Waals surface area contributed by atoms with Crippen molar-refractivity contribution in [2.75, 3.05) is 0 Å². The van der Waals surface area contributed by atoms with Crippen molar-refractivity contribution in [2.24, 2.45) is 0 Å². The van der Waals surface area contributed by atoms with E-state index in [2.05, 4.69) is 9.97 Å². The normalized spacial score (nSPS) is 12.3. The molecule has 1 unspecified atom stereocenters. The lowest BCUT2D eigenvalue weighted by Crippen LogP contribution is -2.13. The van der Waals surface area contributed by atoms with Crippen molar-refractivity contribution in [1.29, 1.82) is 0 Å². The second-order valence-electron chi connectivity index (χ2n) is 3.17. The molecule has 0 saturated carbocycles. The zero-order chi connectivity index (χ0) is 10.7. The van der Waals surface area contributed by atoms with E-state index in [0.29, 0.717) is 11.3 Å². The summed E-state index contributed by atoms with van der Waals surface area (Å²) in [4.78, 5) is 18.0. The van der Waals surface area contributed by atoms with Crippen LogP contribution in [0.2, 0.25) is 0 Å². The molecule has 0 radical (unpaired) electrons. The van der Waals surface area contributed by atoms with E-state index in [0.717, 1.165) is 0 Å². The second-order valence-corrected chi connectivity index (χ2v) is 3.17. The summed E-state index contributed by atoms with van der Waals surface area (Å²) < 4.78 is 0. The fourth-order valence-electron chi connectivity index (χ4n) is 1.50. The number of aliphatic carboxylic acids is 1. The number of carboxylic acids is 1. The van der Waals surface area contributed by atoms with Crippen LogP contribution in [0.15, 0.2) is 42.9 Å². The third-order valence-corrected chi connectivity index (χ3v) is 2.19. The Morgan fingerprint density at radius 1 is 1.40 bits per heavy atom. The van der Waals surface area contributed by atoms with Gasteiger partial charge < -0.3 is 10.1 Å². The highest BCUT2D eigenvalue weighted by Crippen LogP contribution is 2.22. The van der Waals surface area contributed by atoms with Gasteiger partial charge in [0, 0.05) is 18.6 Å². The van der Waals surface area contributed by atoms with Crippen LogP contribution in [0, 0.1) is 0 Å². The van der Waals surface area contributed by atoms with Crippen LogP contribution in [-0.4, -0.2) is 21.0 Å². The number of nitrogens with one attached hydrogen (secondary N) is 1. The molecule has 0 aliphatic carbocycles. The summed E-state index contributed by atoms with van der Waals surface area (Å²) in [5.41, 5.74) is 1.26. The number of nitrogens with zero attached hydrogens (tertiary/aromatic N) is 1. The van der Waals surface area contributed by atoms with Gasteiger partial charge in [0.05, 0.1) is 5.69 Å². The molecule has 1 atom stereocenters. The highest BCUT2D eigenvalue weighted by molar-refractivity contribution is 5.79. The average molecular weight is 202 g/mol. The van der Waals surface area contributed by atoms with Gasteiger partial charge in [0.2, 0.25) is 0 Å². The molecule has 0 spiro atoms. The Labute approximate surface area is 86.6 Å². The first kappa shape index (κ1) is 9.45. The molecule has 0 aliphatic rings. The van der Waals surface area contributed by atoms with E-state index >= 15 is 0 Å². The molecule has 0 bridgehead atoms. The summed E-state index contributed by atoms with van der Waals surface area (Å²) in [5, 5.41) is 9.14. The van der Waals surface area contributed by atoms with Crippen LogP contribution in [0.5, 0.6) is 0 Å². The van der Waals surface area contributed by atoms with Crippen LogP contribution >= 0.6 is 0 Å². The van der Waals surface area contributed by atoms with Gasteiger partial charge >= 0.3 is 5.97 Å². The molecule has 76 valence electrons. The molecule has 2 heterocycles. The molecule has 0 aromatic carbocycles. The van der Waals surface area contributed by atoms with E-state index in [1.165, 1.54) is 0 Å². The molecule has 0 amide bonds. The molecule has 2 rings (SSSR count). The molecular weight excluding hydrogens is 192 g/mol. The fraction of sp³-hybridized carbons (Fsp3) is 0.0909. The van der Waals surface area contributed by atoms with E-state index in [4.69, 9.17) is 5.11 Å². The Bertz CT molecular complexity index is 437. The standard InChI is InChI=1S/C11H10N2O2/c14-11(15)10(8-4-6-12-7-8)9-3-1-2-5-13-9/h1-7,10,12H,(H,14,15). The van der Waals surface area contributed by atoms with Crippen molar-refractivity contribution in [2.45, 2.75) is 5.92 Å². The van der Waals surface area contributed by atoms with Gasteiger partial charge in [-0.05, 0) is 23.8 Å². The molecule has 0 saturated heterocycles. The molecule has 15 heavy (non-hydrogen) atoms. The van der Waals surface area contributed by atoms with Crippen LogP contribution in [0.1, 0.15) is 17.2 Å². The lowest BCUT2D eigenvalue weighted by molar-refractivity contribution is -0.137. The van der Waals surface area contributed by atoms with E-state index < -0.39 is 11.9 Å². The Morgan fingerprint density at radius 3 is 2.80 bits per heavy atom. The molecule has 4 heteroatoms. The smallest absolute Gasteiger partial charge is 0.317 e. The number of pyridine rings is 1. The highest BCUT2D eigenvalue weighted by atomic mass is 16.4. The lowest BCUT2D eigenvalue weighted by atomic mass is 9.98. The third-order valence-electron chi connectivity index (χ3n) is 2.19. The molecule has 4 nitrogen and oxygen atoms in total. The molecule has 0 fully saturated rings. The first-order valence-corrected chi connectivity index (χ1v) is 4.55. The molecular formula is C11H10N2O2. The zero-order valence-corrected chi connectivity index (χ0v) is 7.92. The number of rotatable bonds is 3. The molecule has 2 aromatic rings. The average Bonchev–Trinajstić information content (AvgIpc) is 2.72. The van der Waals surface area contributed by atoms with Gasteiger partial charge in [0.25, 0.3) is 0 Å². The summed E-state index contributed by atoms with van der Waals surface area (Å²) in [7, 11) is 0. The van der Waals surface area contributed by atoms with Crippen molar-refractivity contribution in [3.8, 4) is 0 Å². The maximum Gasteiger partial charge on any atom is 0.317 e. The Morgan fingerprint density at radius 2 is 2.27 bits per heavy atom. The van der Waals surface area contributed by atoms with Crippen molar-refractivity contribution in [1.82, 2.24) is 9.97 Å². The fourth-order valence-corrected chi connectivity index (χ4v) is 1.50. The third kappa shape index (κ3) is 1.88. The number of carbonyl (C=O) groups is 1. The number of aromatic amines is 1. The monoisotopic (exact) mass is 202 g/mol. The van der Waals surface area contributed by atoms with Crippen molar-refractivity contribution in [3.63, 3.8) is 0 Å². The first-order valence-electron chi connectivity index (χ1n) is 4.55. The molecule has 0 aliphatic heterocycles. The van der Waals surface area contributed by atoms with Crippen molar-refractivity contribution < 1.29 is 9.90 Å². The van der Waals surface area contributed by atoms with Gasteiger partial charge in [-0.2, -0.15) is 0 Å². The van der Waals surface area contributed by atoms with Crippen molar-refractivity contribution >= 4 is 5.97 Å². The van der Waals surface area contributed by atoms with Gasteiger partial charge in [0.1, 0.15) is 5.92 Å². The van der Waals surface area contributed by atoms with E-state index in [1.54, 1.807) is 42.9 Å². The summed E-state index contributed by atoms with van der Waals surface area (Å²) >= 11 is 0. The van der Waals surface area contributed by atoms with Crippen LogP contribution in [-0.2, 0) is 4.79 Å². The van der Waals surface area contributed by atoms with E-state index in [1.807, 2.05) is 0 Å². The SMILES string of the molecule is O=C(O)C(c1cc[nH]c1)c1ccccn1. The maximum absolute atomic E-state index is 11.1. The topological polar surface area (TPSA) is 66.0 Å². The van der Waals surface area contributed by atoms with Gasteiger partial charge in [-0.3, -0.25) is 9.78 Å². The van der Waals surface area contributed by atoms with Gasteiger partial charge in [0.15, 0.2) is 0 Å². The van der Waals surface area contributed by atoms with Crippen LogP contribution in [0.3, 0.4) is 0 Å². The largest absolute Gasteiger partial charge is 0.480 e. The Hall–Kier alpha value is -2.10. The minimum Gasteiger partial charge on any atom is -0.480 e. The molecule has 2 N–H and O–H groups in total. The number of hydrogen-bond acceptors (Lipinski definition) is 2. The maximum atomic E-state index is 11.1. The Balaban J connectivity index is 2.42. The van der Waals surface area contributed by atoms with Crippen LogP contribution in [0.25, 0.3) is 0 Å². The van der Waals surface area contributed by atoms with Gasteiger partial charge in [-0.25, -0.2) is 0 Å². The number of H-pyrrole nitrogens is 1. The van der Waals surface area contributed by atoms with Crippen LogP contribution in [0.4, 0.5) is 0 Å². The summed E-state index contributed by atoms with van der Waals surface area (Å²) in [6, 6.07) is 7.00. The van der Waals surface area contributed by atoms with E-state index in [-0.39, 0.29) is 0 Å². The number of hydrogen-bond donors (Lipinski definition) is 2. The van der Waals surface area contributed by atoms with Crippen molar-refractivity contribution in [3.05, 3.63) is 54.1 Å². The summed E-state index contributed by atoms with van der Waals surface area (Å²) in [6.07, 6.45) is 4.97. The minimum atomic E-state index is -0.895. The predicted molar refractivity (Wildman–Crippen MR) is 54.5 cm³/mol. The van der Waals surface area contributed by atoms with Crippen LogP contribution < -0.4 is 0 Å². The summed E-state index contributed by atoms with van der Waals surface area (Å²) in [5.74, 6) is -1.59. The highest BCUT2D eigenvalue weighted by Gasteiger charge is 2.23.